The highest BCUT2D eigenvalue weighted by molar-refractivity contribution is 5.85. The van der Waals surface area contributed by atoms with Gasteiger partial charge in [-0.25, -0.2) is 0 Å². The van der Waals surface area contributed by atoms with Crippen LogP contribution in [0.25, 0.3) is 0 Å². The Morgan fingerprint density at radius 2 is 2.11 bits per heavy atom. The third-order valence-electron chi connectivity index (χ3n) is 3.25. The van der Waals surface area contributed by atoms with Crippen molar-refractivity contribution in [1.82, 2.24) is 0 Å². The summed E-state index contributed by atoms with van der Waals surface area (Å²) in [4.78, 5) is 12.0. The smallest absolute Gasteiger partial charge is 0.373 e. The largest absolute Gasteiger partial charge is 0.416 e. The van der Waals surface area contributed by atoms with Gasteiger partial charge in [-0.1, -0.05) is 18.2 Å². The van der Waals surface area contributed by atoms with Crippen LogP contribution in [-0.4, -0.2) is 19.0 Å². The molecule has 0 N–H and O–H groups in total. The Kier molecular flexibility index (Phi) is 3.94. The van der Waals surface area contributed by atoms with Crippen molar-refractivity contribution in [3.63, 3.8) is 0 Å². The fourth-order valence-electron chi connectivity index (χ4n) is 2.15. The van der Waals surface area contributed by atoms with E-state index in [1.54, 1.807) is 0 Å². The van der Waals surface area contributed by atoms with Crippen LogP contribution in [0.15, 0.2) is 24.3 Å². The van der Waals surface area contributed by atoms with Crippen molar-refractivity contribution in [1.29, 1.82) is 0 Å². The van der Waals surface area contributed by atoms with Gasteiger partial charge in [0.05, 0.1) is 5.56 Å². The van der Waals surface area contributed by atoms with Crippen LogP contribution in [0.4, 0.5) is 13.2 Å². The first-order valence-electron chi connectivity index (χ1n) is 6.13. The molecule has 104 valence electrons. The first kappa shape index (κ1) is 14.1. The highest BCUT2D eigenvalue weighted by Crippen LogP contribution is 2.35. The normalized spacial score (nSPS) is 17.3. The van der Waals surface area contributed by atoms with Crippen molar-refractivity contribution in [2.24, 2.45) is 5.92 Å². The standard InChI is InChI=1S/C14H15F3O2/c1-19-13(10-5-6-10)12(18)8-9-3-2-4-11(7-9)14(15,16)17/h2-4,7,10,13H,5-6,8H2,1H3. The summed E-state index contributed by atoms with van der Waals surface area (Å²) >= 11 is 0. The number of rotatable bonds is 5. The fraction of sp³-hybridized carbons (Fsp3) is 0.500. The second-order valence-corrected chi connectivity index (χ2v) is 4.83. The summed E-state index contributed by atoms with van der Waals surface area (Å²) in [5.74, 6) is 0.0904. The molecule has 19 heavy (non-hydrogen) atoms. The molecular weight excluding hydrogens is 257 g/mol. The summed E-state index contributed by atoms with van der Waals surface area (Å²) in [6.07, 6.45) is -2.97. The molecule has 0 saturated heterocycles. The topological polar surface area (TPSA) is 26.3 Å². The average Bonchev–Trinajstić information content (AvgIpc) is 3.13. The van der Waals surface area contributed by atoms with E-state index in [1.807, 2.05) is 0 Å². The van der Waals surface area contributed by atoms with E-state index in [-0.39, 0.29) is 18.1 Å². The van der Waals surface area contributed by atoms with Crippen LogP contribution >= 0.6 is 0 Å². The highest BCUT2D eigenvalue weighted by Gasteiger charge is 2.36. The maximum Gasteiger partial charge on any atom is 0.416 e. The van der Waals surface area contributed by atoms with Crippen molar-refractivity contribution in [3.05, 3.63) is 35.4 Å². The molecule has 0 radical (unpaired) electrons. The molecule has 1 aliphatic rings. The maximum absolute atomic E-state index is 12.6. The van der Waals surface area contributed by atoms with Gasteiger partial charge in [0.1, 0.15) is 6.10 Å². The quantitative estimate of drug-likeness (QED) is 0.822. The number of benzene rings is 1. The van der Waals surface area contributed by atoms with Crippen LogP contribution in [-0.2, 0) is 22.1 Å². The Bertz CT molecular complexity index is 464. The molecule has 5 heteroatoms. The average molecular weight is 272 g/mol. The molecule has 0 aromatic heterocycles. The Labute approximate surface area is 109 Å². The van der Waals surface area contributed by atoms with Gasteiger partial charge in [-0.05, 0) is 30.4 Å². The minimum absolute atomic E-state index is 0.0150. The molecule has 2 nitrogen and oxygen atoms in total. The number of halogens is 3. The predicted octanol–water partition coefficient (Wildman–Crippen LogP) is 3.24. The lowest BCUT2D eigenvalue weighted by atomic mass is 10.0. The summed E-state index contributed by atoms with van der Waals surface area (Å²) in [5.41, 5.74) is -0.347. The number of alkyl halides is 3. The first-order chi connectivity index (χ1) is 8.91. The maximum atomic E-state index is 12.6. The summed E-state index contributed by atoms with van der Waals surface area (Å²) < 4.78 is 42.8. The van der Waals surface area contributed by atoms with Crippen molar-refractivity contribution >= 4 is 5.78 Å². The number of ketones is 1. The number of methoxy groups -OCH3 is 1. The number of hydrogen-bond acceptors (Lipinski definition) is 2. The lowest BCUT2D eigenvalue weighted by molar-refractivity contribution is -0.137. The summed E-state index contributed by atoms with van der Waals surface area (Å²) in [6.45, 7) is 0. The second-order valence-electron chi connectivity index (χ2n) is 4.83. The van der Waals surface area contributed by atoms with E-state index in [4.69, 9.17) is 4.74 Å². The molecule has 1 saturated carbocycles. The van der Waals surface area contributed by atoms with E-state index >= 15 is 0 Å². The minimum Gasteiger partial charge on any atom is -0.373 e. The second kappa shape index (κ2) is 5.33. The molecule has 2 rings (SSSR count). The highest BCUT2D eigenvalue weighted by atomic mass is 19.4. The van der Waals surface area contributed by atoms with Gasteiger partial charge in [-0.15, -0.1) is 0 Å². The number of carbonyl (C=O) groups is 1. The van der Waals surface area contributed by atoms with Gasteiger partial charge in [0, 0.05) is 13.5 Å². The van der Waals surface area contributed by atoms with Gasteiger partial charge < -0.3 is 4.74 Å². The monoisotopic (exact) mass is 272 g/mol. The van der Waals surface area contributed by atoms with Crippen molar-refractivity contribution in [2.45, 2.75) is 31.5 Å². The molecule has 1 aliphatic carbocycles. The summed E-state index contributed by atoms with van der Waals surface area (Å²) in [7, 11) is 1.47. The zero-order valence-electron chi connectivity index (χ0n) is 10.5. The zero-order chi connectivity index (χ0) is 14.0. The third-order valence-corrected chi connectivity index (χ3v) is 3.25. The lowest BCUT2D eigenvalue weighted by Crippen LogP contribution is -2.26. The lowest BCUT2D eigenvalue weighted by Gasteiger charge is -2.14. The Morgan fingerprint density at radius 3 is 2.63 bits per heavy atom. The van der Waals surface area contributed by atoms with Crippen molar-refractivity contribution < 1.29 is 22.7 Å². The number of ether oxygens (including phenoxy) is 1. The number of Topliss-reactive ketones (excluding diaryl/α,β-unsaturated/α-hetero) is 1. The van der Waals surface area contributed by atoms with E-state index < -0.39 is 17.8 Å². The third kappa shape index (κ3) is 3.56. The van der Waals surface area contributed by atoms with Gasteiger partial charge in [0.15, 0.2) is 5.78 Å². The first-order valence-corrected chi connectivity index (χ1v) is 6.13. The zero-order valence-corrected chi connectivity index (χ0v) is 10.5. The summed E-state index contributed by atoms with van der Waals surface area (Å²) in [6, 6.07) is 4.89. The Balaban J connectivity index is 2.08. The van der Waals surface area contributed by atoms with E-state index in [1.165, 1.54) is 19.2 Å². The molecule has 1 aromatic carbocycles. The molecule has 1 unspecified atom stereocenters. The van der Waals surface area contributed by atoms with Gasteiger partial charge in [-0.3, -0.25) is 4.79 Å². The molecular formula is C14H15F3O2. The van der Waals surface area contributed by atoms with E-state index in [9.17, 15) is 18.0 Å². The van der Waals surface area contributed by atoms with Crippen molar-refractivity contribution in [2.75, 3.05) is 7.11 Å². The molecule has 0 spiro atoms. The fourth-order valence-corrected chi connectivity index (χ4v) is 2.15. The van der Waals surface area contributed by atoms with Crippen LogP contribution in [0.5, 0.6) is 0 Å². The number of carbonyl (C=O) groups excluding carboxylic acids is 1. The van der Waals surface area contributed by atoms with Crippen LogP contribution in [0.2, 0.25) is 0 Å². The molecule has 1 aromatic rings. The SMILES string of the molecule is COC(C(=O)Cc1cccc(C(F)(F)F)c1)C1CC1. The van der Waals surface area contributed by atoms with Gasteiger partial charge >= 0.3 is 6.18 Å². The molecule has 0 amide bonds. The Hall–Kier alpha value is -1.36. The molecule has 0 bridgehead atoms. The van der Waals surface area contributed by atoms with Crippen LogP contribution in [0, 0.1) is 5.92 Å². The van der Waals surface area contributed by atoms with Gasteiger partial charge in [0.2, 0.25) is 0 Å². The number of hydrogen-bond donors (Lipinski definition) is 0. The van der Waals surface area contributed by atoms with Crippen LogP contribution < -0.4 is 0 Å². The van der Waals surface area contributed by atoms with Crippen LogP contribution in [0.1, 0.15) is 24.0 Å². The molecule has 0 heterocycles. The van der Waals surface area contributed by atoms with Gasteiger partial charge in [0.25, 0.3) is 0 Å². The van der Waals surface area contributed by atoms with Crippen LogP contribution in [0.3, 0.4) is 0 Å². The summed E-state index contributed by atoms with van der Waals surface area (Å²) in [5, 5.41) is 0. The predicted molar refractivity (Wildman–Crippen MR) is 63.7 cm³/mol. The molecule has 1 fully saturated rings. The Morgan fingerprint density at radius 1 is 1.42 bits per heavy atom. The molecule has 1 atom stereocenters. The van der Waals surface area contributed by atoms with Crippen molar-refractivity contribution in [3.8, 4) is 0 Å². The minimum atomic E-state index is -4.38. The van der Waals surface area contributed by atoms with Gasteiger partial charge in [-0.2, -0.15) is 13.2 Å². The van der Waals surface area contributed by atoms with E-state index in [0.717, 1.165) is 25.0 Å². The van der Waals surface area contributed by atoms with E-state index in [2.05, 4.69) is 0 Å². The molecule has 0 aliphatic heterocycles. The van der Waals surface area contributed by atoms with E-state index in [0.29, 0.717) is 5.56 Å².